The zero-order valence-electron chi connectivity index (χ0n) is 36.8. The number of allylic oxidation sites excluding steroid dienone is 2. The maximum absolute atomic E-state index is 16.1. The van der Waals surface area contributed by atoms with Crippen molar-refractivity contribution in [1.82, 2.24) is 30.7 Å². The number of thiazole rings is 1. The number of nitrogens with zero attached hydrogens (tertiary/aromatic N) is 4. The number of rotatable bonds is 25. The molecule has 346 valence electrons. The highest BCUT2D eigenvalue weighted by molar-refractivity contribution is 7.15. The Bertz CT molecular complexity index is 2390. The summed E-state index contributed by atoms with van der Waals surface area (Å²) in [4.78, 5) is 47.0. The number of aryl methyl sites for hydroxylation is 2. The Morgan fingerprint density at radius 3 is 2.29 bits per heavy atom. The summed E-state index contributed by atoms with van der Waals surface area (Å²) >= 11 is 2.92. The lowest BCUT2D eigenvalue weighted by Gasteiger charge is -2.30. The van der Waals surface area contributed by atoms with Gasteiger partial charge >= 0.3 is 13.0 Å². The third kappa shape index (κ3) is 14.5. The van der Waals surface area contributed by atoms with Crippen molar-refractivity contribution < 1.29 is 32.2 Å². The van der Waals surface area contributed by atoms with Crippen LogP contribution < -0.4 is 37.5 Å². The van der Waals surface area contributed by atoms with E-state index in [0.29, 0.717) is 66.3 Å². The van der Waals surface area contributed by atoms with Crippen LogP contribution in [-0.2, 0) is 16.0 Å². The van der Waals surface area contributed by atoms with Gasteiger partial charge in [0, 0.05) is 67.1 Å². The van der Waals surface area contributed by atoms with E-state index in [0.717, 1.165) is 101 Å². The normalized spacial score (nSPS) is 14.0. The monoisotopic (exact) mass is 928 g/mol. The summed E-state index contributed by atoms with van der Waals surface area (Å²) in [6, 6.07) is 13.9. The number of nitrogens with two attached hydrogens (primary N) is 2. The number of urea groups is 1. The Balaban J connectivity index is 0.739. The predicted molar refractivity (Wildman–Crippen MR) is 259 cm³/mol. The number of thiophene rings is 1. The average Bonchev–Trinajstić information content (AvgIpc) is 4.11. The van der Waals surface area contributed by atoms with Crippen molar-refractivity contribution in [1.29, 1.82) is 0 Å². The molecule has 0 fully saturated rings. The summed E-state index contributed by atoms with van der Waals surface area (Å²) < 4.78 is 40.1. The zero-order chi connectivity index (χ0) is 46.0. The van der Waals surface area contributed by atoms with Gasteiger partial charge in [0.05, 0.1) is 10.6 Å². The molecule has 0 saturated carbocycles. The second-order valence-corrected chi connectivity index (χ2v) is 18.0. The van der Waals surface area contributed by atoms with Crippen LogP contribution in [0.1, 0.15) is 103 Å². The van der Waals surface area contributed by atoms with E-state index in [1.54, 1.807) is 54.6 Å². The maximum atomic E-state index is 16.1. The average molecular weight is 929 g/mol. The van der Waals surface area contributed by atoms with Gasteiger partial charge in [-0.2, -0.15) is 0 Å². The maximum Gasteiger partial charge on any atom is 0.737 e. The summed E-state index contributed by atoms with van der Waals surface area (Å²) in [7, 11) is 0. The molecule has 65 heavy (non-hydrogen) atoms. The van der Waals surface area contributed by atoms with E-state index in [1.807, 2.05) is 36.6 Å². The Morgan fingerprint density at radius 2 is 1.58 bits per heavy atom. The number of guanidine groups is 1. The molecule has 5 heterocycles. The number of anilines is 1. The molecule has 2 aliphatic rings. The van der Waals surface area contributed by atoms with E-state index in [2.05, 4.69) is 31.2 Å². The molecule has 0 spiro atoms. The van der Waals surface area contributed by atoms with Crippen molar-refractivity contribution in [2.24, 2.45) is 10.7 Å². The van der Waals surface area contributed by atoms with Gasteiger partial charge in [0.15, 0.2) is 29.1 Å². The molecule has 4 aromatic rings. The first-order valence-corrected chi connectivity index (χ1v) is 24.0. The Labute approximate surface area is 387 Å². The Kier molecular flexibility index (Phi) is 18.1. The highest BCUT2D eigenvalue weighted by Crippen LogP contribution is 2.34. The second-order valence-electron chi connectivity index (χ2n) is 15.9. The molecular formula is C46H59BF2N10O4S2. The minimum Gasteiger partial charge on any atom is -0.484 e. The fourth-order valence-electron chi connectivity index (χ4n) is 7.58. The van der Waals surface area contributed by atoms with Crippen LogP contribution in [0.15, 0.2) is 76.8 Å². The van der Waals surface area contributed by atoms with Gasteiger partial charge in [-0.05, 0) is 92.8 Å². The van der Waals surface area contributed by atoms with Crippen LogP contribution in [-0.4, -0.2) is 83.2 Å². The van der Waals surface area contributed by atoms with E-state index in [4.69, 9.17) is 16.2 Å². The molecule has 14 nitrogen and oxygen atoms in total. The number of nitrogen functional groups attached to an aromatic ring is 1. The summed E-state index contributed by atoms with van der Waals surface area (Å²) in [5.41, 5.74) is 15.1. The van der Waals surface area contributed by atoms with Crippen LogP contribution in [0, 0.1) is 6.92 Å². The Morgan fingerprint density at radius 1 is 0.877 bits per heavy atom. The third-order valence-corrected chi connectivity index (χ3v) is 12.9. The number of halogens is 2. The van der Waals surface area contributed by atoms with Crippen molar-refractivity contribution in [3.63, 3.8) is 0 Å². The summed E-state index contributed by atoms with van der Waals surface area (Å²) in [5, 5.41) is 13.7. The minimum absolute atomic E-state index is 0.0415. The number of aromatic nitrogens is 2. The summed E-state index contributed by atoms with van der Waals surface area (Å²) in [6.45, 7) is -0.108. The molecule has 8 N–H and O–H groups in total. The molecule has 4 amide bonds. The van der Waals surface area contributed by atoms with Crippen molar-refractivity contribution in [2.45, 2.75) is 84.0 Å². The number of carbonyl (C=O) groups excluding carboxylic acids is 3. The number of fused-ring (bicyclic) bond motifs is 2. The van der Waals surface area contributed by atoms with Gasteiger partial charge in [0.2, 0.25) is 5.91 Å². The number of ether oxygens (including phenoxy) is 1. The SMILES string of the molecule is Cc1nc(N)sc1CCCN=C(N)NC(=O)NCCCCCCCCNC(=O)CCCCCNC(=O)COc1ccc(C=Cc2ccc3n2[B-](F)(F)[N+]2=C(c4cccs4)C=CC2=C3)cc1. The topological polar surface area (TPSA) is 194 Å². The fraction of sp³-hybridized carbons (Fsp3) is 0.391. The van der Waals surface area contributed by atoms with Gasteiger partial charge in [0.1, 0.15) is 5.75 Å². The van der Waals surface area contributed by atoms with Crippen LogP contribution in [0.3, 0.4) is 0 Å². The number of hydrogen-bond acceptors (Lipinski definition) is 9. The lowest BCUT2D eigenvalue weighted by atomic mass is 9.90. The quantitative estimate of drug-likeness (QED) is 0.0172. The molecule has 6 rings (SSSR count). The van der Waals surface area contributed by atoms with Crippen molar-refractivity contribution in [3.05, 3.63) is 104 Å². The van der Waals surface area contributed by atoms with Crippen molar-refractivity contribution in [2.75, 3.05) is 38.5 Å². The van der Waals surface area contributed by atoms with E-state index in [-0.39, 0.29) is 30.4 Å². The molecule has 0 aliphatic carbocycles. The van der Waals surface area contributed by atoms with Gasteiger partial charge in [-0.3, -0.25) is 19.9 Å². The van der Waals surface area contributed by atoms with Crippen molar-refractivity contribution >= 4 is 82.5 Å². The summed E-state index contributed by atoms with van der Waals surface area (Å²) in [5.74, 6) is 0.425. The molecule has 0 radical (unpaired) electrons. The number of hydrogen-bond donors (Lipinski definition) is 6. The molecule has 2 aliphatic heterocycles. The summed E-state index contributed by atoms with van der Waals surface area (Å²) in [6.07, 6.45) is 19.0. The standard InChI is InChI=1S/C46H59BF2N10O4S2/c1-33-40(65-45(51)56-33)13-11-29-54-44(50)57-46(62)55-28-9-5-3-2-4-8-26-52-42(60)15-7-6-10-27-53-43(61)32-63-38-23-17-34(18-24-38)16-19-35-20-21-36-31-37-22-25-39(41-14-12-30-64-41)59(37)47(48,49)58(35)36/h12,14,16-25,30-31H,2-11,13,15,26-29,32H2,1H3,(H2,51,56)(H,52,60)(H,53,61)(H4,50,54,55,57,62). The highest BCUT2D eigenvalue weighted by Gasteiger charge is 2.52. The number of aliphatic imine (C=N–C) groups is 1. The Hall–Kier alpha value is -6.08. The van der Waals surface area contributed by atoms with E-state index >= 15 is 8.63 Å². The van der Waals surface area contributed by atoms with Crippen LogP contribution in [0.2, 0.25) is 0 Å². The molecule has 0 atom stereocenters. The first-order valence-electron chi connectivity index (χ1n) is 22.3. The van der Waals surface area contributed by atoms with Crippen LogP contribution in [0.5, 0.6) is 5.75 Å². The van der Waals surface area contributed by atoms with Gasteiger partial charge < -0.3 is 49.8 Å². The minimum atomic E-state index is -4.12. The number of unbranched alkanes of at least 4 members (excludes halogenated alkanes) is 7. The molecule has 19 heteroatoms. The molecule has 3 aromatic heterocycles. The molecule has 0 unspecified atom stereocenters. The number of amides is 4. The van der Waals surface area contributed by atoms with Gasteiger partial charge in [-0.25, -0.2) is 9.78 Å². The van der Waals surface area contributed by atoms with E-state index < -0.39 is 6.97 Å². The van der Waals surface area contributed by atoms with Gasteiger partial charge in [-0.1, -0.05) is 56.4 Å². The lowest BCUT2D eigenvalue weighted by Crippen LogP contribution is -2.50. The van der Waals surface area contributed by atoms with Gasteiger partial charge in [-0.15, -0.1) is 22.7 Å². The van der Waals surface area contributed by atoms with Crippen molar-refractivity contribution in [3.8, 4) is 5.75 Å². The number of carbonyl (C=O) groups is 3. The van der Waals surface area contributed by atoms with E-state index in [1.165, 1.54) is 22.7 Å². The first kappa shape index (κ1) is 48.4. The largest absolute Gasteiger partial charge is 0.737 e. The number of nitrogens with one attached hydrogen (secondary N) is 4. The molecule has 1 aromatic carbocycles. The smallest absolute Gasteiger partial charge is 0.484 e. The van der Waals surface area contributed by atoms with Crippen LogP contribution >= 0.6 is 22.7 Å². The number of benzene rings is 1. The zero-order valence-corrected chi connectivity index (χ0v) is 38.5. The lowest BCUT2D eigenvalue weighted by molar-refractivity contribution is -0.360. The predicted octanol–water partition coefficient (Wildman–Crippen LogP) is 7.47. The first-order chi connectivity index (χ1) is 31.5. The third-order valence-electron chi connectivity index (χ3n) is 10.9. The molecular weight excluding hydrogens is 870 g/mol. The molecule has 0 saturated heterocycles. The van der Waals surface area contributed by atoms with E-state index in [9.17, 15) is 14.4 Å². The fourth-order valence-corrected chi connectivity index (χ4v) is 9.20. The second kappa shape index (κ2) is 24.3. The van der Waals surface area contributed by atoms with Crippen LogP contribution in [0.25, 0.3) is 18.2 Å². The molecule has 0 bridgehead atoms. The van der Waals surface area contributed by atoms with Gasteiger partial charge in [0.25, 0.3) is 5.91 Å². The van der Waals surface area contributed by atoms with Crippen LogP contribution in [0.4, 0.5) is 18.6 Å². The highest BCUT2D eigenvalue weighted by atomic mass is 32.1.